The first-order chi connectivity index (χ1) is 9.66. The van der Waals surface area contributed by atoms with Crippen molar-refractivity contribution in [3.63, 3.8) is 0 Å². The summed E-state index contributed by atoms with van der Waals surface area (Å²) >= 11 is 5.75. The van der Waals surface area contributed by atoms with E-state index in [1.165, 1.54) is 6.07 Å². The van der Waals surface area contributed by atoms with Gasteiger partial charge in [0.25, 0.3) is 5.69 Å². The van der Waals surface area contributed by atoms with E-state index in [9.17, 15) is 10.1 Å². The minimum Gasteiger partial charge on any atom is -0.313 e. The van der Waals surface area contributed by atoms with Crippen molar-refractivity contribution < 1.29 is 4.92 Å². The molecule has 2 rings (SSSR count). The van der Waals surface area contributed by atoms with Crippen LogP contribution in [0.5, 0.6) is 0 Å². The minimum absolute atomic E-state index is 0.0615. The lowest BCUT2D eigenvalue weighted by atomic mass is 10.2. The Balaban J connectivity index is 1.76. The molecule has 1 aromatic heterocycles. The van der Waals surface area contributed by atoms with Gasteiger partial charge in [-0.15, -0.1) is 5.10 Å². The second kappa shape index (κ2) is 6.97. The monoisotopic (exact) mass is 295 g/mol. The first-order valence-corrected chi connectivity index (χ1v) is 6.52. The second-order valence-electron chi connectivity index (χ2n) is 4.24. The number of nitrogens with zero attached hydrogens (tertiary/aromatic N) is 4. The normalized spacial score (nSPS) is 10.7. The zero-order chi connectivity index (χ0) is 14.4. The summed E-state index contributed by atoms with van der Waals surface area (Å²) in [4.78, 5) is 10.3. The highest BCUT2D eigenvalue weighted by Gasteiger charge is 2.12. The molecule has 1 aromatic carbocycles. The van der Waals surface area contributed by atoms with Gasteiger partial charge in [0, 0.05) is 25.4 Å². The Bertz CT molecular complexity index is 573. The Morgan fingerprint density at radius 2 is 2.30 bits per heavy atom. The third kappa shape index (κ3) is 4.01. The lowest BCUT2D eigenvalue weighted by Gasteiger charge is -2.05. The van der Waals surface area contributed by atoms with Crippen molar-refractivity contribution in [3.05, 3.63) is 51.3 Å². The maximum absolute atomic E-state index is 10.8. The smallest absolute Gasteiger partial charge is 0.288 e. The Hall–Kier alpha value is -1.99. The van der Waals surface area contributed by atoms with Gasteiger partial charge in [-0.25, -0.2) is 0 Å². The molecule has 0 aliphatic heterocycles. The van der Waals surface area contributed by atoms with Gasteiger partial charge in [0.05, 0.1) is 11.1 Å². The van der Waals surface area contributed by atoms with Gasteiger partial charge in [0.2, 0.25) is 0 Å². The predicted molar refractivity (Wildman–Crippen MR) is 74.5 cm³/mol. The standard InChI is InChI=1S/C12H14ClN5O2/c13-11-3-2-10(8-12(11)18(19)20)9-14-4-1-6-17-7-5-15-16-17/h2-3,5,7-8,14H,1,4,6,9H2. The van der Waals surface area contributed by atoms with Crippen LogP contribution in [-0.4, -0.2) is 26.5 Å². The van der Waals surface area contributed by atoms with Gasteiger partial charge in [-0.1, -0.05) is 22.9 Å². The number of hydrogen-bond acceptors (Lipinski definition) is 5. The fourth-order valence-electron chi connectivity index (χ4n) is 1.76. The zero-order valence-corrected chi connectivity index (χ0v) is 11.5. The molecule has 0 aliphatic carbocycles. The molecule has 1 heterocycles. The molecule has 0 saturated carbocycles. The quantitative estimate of drug-likeness (QED) is 0.480. The van der Waals surface area contributed by atoms with E-state index in [-0.39, 0.29) is 10.7 Å². The summed E-state index contributed by atoms with van der Waals surface area (Å²) in [6.45, 7) is 2.14. The van der Waals surface area contributed by atoms with Gasteiger partial charge >= 0.3 is 0 Å². The number of nitro benzene ring substituents is 1. The summed E-state index contributed by atoms with van der Waals surface area (Å²) in [7, 11) is 0. The highest BCUT2D eigenvalue weighted by molar-refractivity contribution is 6.32. The van der Waals surface area contributed by atoms with E-state index in [0.717, 1.165) is 25.1 Å². The van der Waals surface area contributed by atoms with Gasteiger partial charge in [0.1, 0.15) is 5.02 Å². The lowest BCUT2D eigenvalue weighted by Crippen LogP contribution is -2.16. The molecule has 0 spiro atoms. The molecule has 0 unspecified atom stereocenters. The number of aromatic nitrogens is 3. The van der Waals surface area contributed by atoms with E-state index in [1.807, 2.05) is 6.20 Å². The van der Waals surface area contributed by atoms with Gasteiger partial charge in [-0.3, -0.25) is 14.8 Å². The maximum atomic E-state index is 10.8. The Morgan fingerprint density at radius 1 is 1.45 bits per heavy atom. The van der Waals surface area contributed by atoms with Crippen molar-refractivity contribution in [3.8, 4) is 0 Å². The second-order valence-corrected chi connectivity index (χ2v) is 4.65. The van der Waals surface area contributed by atoms with Gasteiger partial charge in [0.15, 0.2) is 0 Å². The highest BCUT2D eigenvalue weighted by atomic mass is 35.5. The predicted octanol–water partition coefficient (Wildman–Crippen LogP) is 2.02. The molecular formula is C12H14ClN5O2. The topological polar surface area (TPSA) is 85.9 Å². The molecule has 0 saturated heterocycles. The molecule has 8 heteroatoms. The summed E-state index contributed by atoms with van der Waals surface area (Å²) in [6, 6.07) is 4.82. The third-order valence-electron chi connectivity index (χ3n) is 2.75. The minimum atomic E-state index is -0.476. The van der Waals surface area contributed by atoms with Crippen LogP contribution in [-0.2, 0) is 13.1 Å². The fraction of sp³-hybridized carbons (Fsp3) is 0.333. The zero-order valence-electron chi connectivity index (χ0n) is 10.7. The Labute approximate surface area is 120 Å². The number of nitrogens with one attached hydrogen (secondary N) is 1. The molecule has 7 nitrogen and oxygen atoms in total. The van der Waals surface area contributed by atoms with Crippen LogP contribution in [0.15, 0.2) is 30.6 Å². The van der Waals surface area contributed by atoms with E-state index in [2.05, 4.69) is 15.6 Å². The van der Waals surface area contributed by atoms with E-state index < -0.39 is 4.92 Å². The Morgan fingerprint density at radius 3 is 3.00 bits per heavy atom. The van der Waals surface area contributed by atoms with Crippen molar-refractivity contribution in [2.45, 2.75) is 19.5 Å². The molecule has 0 radical (unpaired) electrons. The molecular weight excluding hydrogens is 282 g/mol. The lowest BCUT2D eigenvalue weighted by molar-refractivity contribution is -0.384. The van der Waals surface area contributed by atoms with Gasteiger partial charge in [-0.2, -0.15) is 0 Å². The summed E-state index contributed by atoms with van der Waals surface area (Å²) in [5.74, 6) is 0. The Kier molecular flexibility index (Phi) is 5.03. The van der Waals surface area contributed by atoms with Gasteiger partial charge < -0.3 is 5.32 Å². The number of benzene rings is 1. The van der Waals surface area contributed by atoms with Crippen molar-refractivity contribution >= 4 is 17.3 Å². The van der Waals surface area contributed by atoms with E-state index >= 15 is 0 Å². The van der Waals surface area contributed by atoms with Crippen molar-refractivity contribution in [1.29, 1.82) is 0 Å². The van der Waals surface area contributed by atoms with Crippen LogP contribution < -0.4 is 5.32 Å². The number of aryl methyl sites for hydroxylation is 1. The van der Waals surface area contributed by atoms with E-state index in [0.29, 0.717) is 6.54 Å². The molecule has 106 valence electrons. The van der Waals surface area contributed by atoms with Crippen LogP contribution in [0.25, 0.3) is 0 Å². The molecule has 2 aromatic rings. The van der Waals surface area contributed by atoms with Crippen LogP contribution in [0.2, 0.25) is 5.02 Å². The number of rotatable bonds is 7. The molecule has 0 atom stereocenters. The van der Waals surface area contributed by atoms with Crippen molar-refractivity contribution in [2.24, 2.45) is 0 Å². The first-order valence-electron chi connectivity index (χ1n) is 6.14. The molecule has 0 fully saturated rings. The van der Waals surface area contributed by atoms with Crippen LogP contribution in [0, 0.1) is 10.1 Å². The number of halogens is 1. The summed E-state index contributed by atoms with van der Waals surface area (Å²) in [6.07, 6.45) is 4.35. The van der Waals surface area contributed by atoms with Crippen molar-refractivity contribution in [1.82, 2.24) is 20.3 Å². The molecule has 0 bridgehead atoms. The number of hydrogen-bond donors (Lipinski definition) is 1. The average molecular weight is 296 g/mol. The summed E-state index contributed by atoms with van der Waals surface area (Å²) in [5.41, 5.74) is 0.774. The molecule has 1 N–H and O–H groups in total. The van der Waals surface area contributed by atoms with Crippen LogP contribution in [0.3, 0.4) is 0 Å². The van der Waals surface area contributed by atoms with Crippen LogP contribution >= 0.6 is 11.6 Å². The van der Waals surface area contributed by atoms with Crippen LogP contribution in [0.4, 0.5) is 5.69 Å². The third-order valence-corrected chi connectivity index (χ3v) is 3.07. The average Bonchev–Trinajstić information content (AvgIpc) is 2.93. The summed E-state index contributed by atoms with van der Waals surface area (Å²) in [5, 5.41) is 21.7. The molecule has 0 amide bonds. The SMILES string of the molecule is O=[N+]([O-])c1cc(CNCCCn2ccnn2)ccc1Cl. The highest BCUT2D eigenvalue weighted by Crippen LogP contribution is 2.24. The van der Waals surface area contributed by atoms with E-state index in [4.69, 9.17) is 11.6 Å². The fourth-order valence-corrected chi connectivity index (χ4v) is 1.95. The van der Waals surface area contributed by atoms with E-state index in [1.54, 1.807) is 23.0 Å². The van der Waals surface area contributed by atoms with Crippen molar-refractivity contribution in [2.75, 3.05) is 6.54 Å². The van der Waals surface area contributed by atoms with Crippen LogP contribution in [0.1, 0.15) is 12.0 Å². The van der Waals surface area contributed by atoms with Gasteiger partial charge in [-0.05, 0) is 24.6 Å². The largest absolute Gasteiger partial charge is 0.313 e. The molecule has 20 heavy (non-hydrogen) atoms. The number of nitro groups is 1. The summed E-state index contributed by atoms with van der Waals surface area (Å²) < 4.78 is 1.76. The maximum Gasteiger partial charge on any atom is 0.288 e. The molecule has 0 aliphatic rings. The first kappa shape index (κ1) is 14.4.